The average Bonchev–Trinajstić information content (AvgIpc) is 2.64. The summed E-state index contributed by atoms with van der Waals surface area (Å²) in [5, 5.41) is 18.4. The smallest absolute Gasteiger partial charge is 0.106 e. The lowest BCUT2D eigenvalue weighted by Crippen LogP contribution is -2.01. The number of benzene rings is 1. The molecule has 24 heavy (non-hydrogen) atoms. The molecule has 0 saturated heterocycles. The molecule has 0 fully saturated rings. The van der Waals surface area contributed by atoms with Crippen molar-refractivity contribution >= 4 is 23.4 Å². The van der Waals surface area contributed by atoms with E-state index in [2.05, 4.69) is 15.2 Å². The maximum Gasteiger partial charge on any atom is 0.106 e. The number of hydrogen-bond donors (Lipinski definition) is 2. The van der Waals surface area contributed by atoms with Crippen LogP contribution in [0.1, 0.15) is 11.1 Å². The molecular formula is C17H15ClN4OS. The van der Waals surface area contributed by atoms with Crippen molar-refractivity contribution in [2.45, 2.75) is 23.1 Å². The summed E-state index contributed by atoms with van der Waals surface area (Å²) < 4.78 is 0. The van der Waals surface area contributed by atoms with Gasteiger partial charge in [-0.3, -0.25) is 0 Å². The predicted molar refractivity (Wildman–Crippen MR) is 94.7 cm³/mol. The van der Waals surface area contributed by atoms with Crippen molar-refractivity contribution in [3.05, 3.63) is 65.1 Å². The first-order valence-corrected chi connectivity index (χ1v) is 8.44. The number of rotatable bonds is 5. The van der Waals surface area contributed by atoms with E-state index in [0.717, 1.165) is 32.2 Å². The molecule has 0 amide bonds. The Balaban J connectivity index is 2.02. The summed E-state index contributed by atoms with van der Waals surface area (Å²) in [6.07, 6.45) is 5.01. The van der Waals surface area contributed by atoms with Gasteiger partial charge >= 0.3 is 0 Å². The molecule has 0 bridgehead atoms. The van der Waals surface area contributed by atoms with Gasteiger partial charge in [-0.15, -0.1) is 0 Å². The van der Waals surface area contributed by atoms with E-state index in [1.54, 1.807) is 24.7 Å². The highest BCUT2D eigenvalue weighted by atomic mass is 35.5. The van der Waals surface area contributed by atoms with E-state index in [9.17, 15) is 5.11 Å². The maximum atomic E-state index is 9.46. The quantitative estimate of drug-likeness (QED) is 0.728. The lowest BCUT2D eigenvalue weighted by Gasteiger charge is -2.13. The Hall–Kier alpha value is -1.99. The van der Waals surface area contributed by atoms with Crippen molar-refractivity contribution in [2.75, 3.05) is 0 Å². The summed E-state index contributed by atoms with van der Waals surface area (Å²) in [4.78, 5) is 5.17. The number of pyridine rings is 1. The molecule has 122 valence electrons. The third-order valence-electron chi connectivity index (χ3n) is 3.48. The van der Waals surface area contributed by atoms with Gasteiger partial charge in [-0.1, -0.05) is 29.4 Å². The molecule has 0 spiro atoms. The van der Waals surface area contributed by atoms with Crippen LogP contribution < -0.4 is 5.73 Å². The molecule has 2 heterocycles. The second kappa shape index (κ2) is 7.72. The van der Waals surface area contributed by atoms with Crippen molar-refractivity contribution < 1.29 is 5.11 Å². The normalized spacial score (nSPS) is 10.8. The number of halogens is 1. The second-order valence-electron chi connectivity index (χ2n) is 5.01. The van der Waals surface area contributed by atoms with Crippen molar-refractivity contribution in [3.63, 3.8) is 0 Å². The molecule has 0 saturated carbocycles. The van der Waals surface area contributed by atoms with Gasteiger partial charge < -0.3 is 10.8 Å². The average molecular weight is 359 g/mol. The fourth-order valence-corrected chi connectivity index (χ4v) is 3.63. The van der Waals surface area contributed by atoms with Gasteiger partial charge in [0, 0.05) is 28.8 Å². The number of aromatic nitrogens is 3. The van der Waals surface area contributed by atoms with E-state index in [0.29, 0.717) is 11.6 Å². The van der Waals surface area contributed by atoms with Crippen LogP contribution in [0.5, 0.6) is 0 Å². The van der Waals surface area contributed by atoms with Crippen LogP contribution in [0.3, 0.4) is 0 Å². The fourth-order valence-electron chi connectivity index (χ4n) is 2.28. The summed E-state index contributed by atoms with van der Waals surface area (Å²) in [5.41, 5.74) is 9.44. The molecule has 3 rings (SSSR count). The van der Waals surface area contributed by atoms with Crippen molar-refractivity contribution in [1.82, 2.24) is 15.2 Å². The molecule has 7 heteroatoms. The minimum Gasteiger partial charge on any atom is -0.392 e. The highest BCUT2D eigenvalue weighted by Gasteiger charge is 2.14. The molecule has 1 aromatic carbocycles. The number of nitrogens with two attached hydrogens (primary N) is 1. The van der Waals surface area contributed by atoms with Gasteiger partial charge in [0.05, 0.1) is 24.0 Å². The lowest BCUT2D eigenvalue weighted by atomic mass is 10.1. The molecule has 5 nitrogen and oxygen atoms in total. The summed E-state index contributed by atoms with van der Waals surface area (Å²) in [7, 11) is 0. The van der Waals surface area contributed by atoms with E-state index >= 15 is 0 Å². The number of aliphatic hydroxyl groups is 1. The van der Waals surface area contributed by atoms with Crippen LogP contribution in [0.25, 0.3) is 11.1 Å². The minimum atomic E-state index is -0.0769. The zero-order valence-electron chi connectivity index (χ0n) is 12.7. The zero-order valence-corrected chi connectivity index (χ0v) is 14.3. The third kappa shape index (κ3) is 3.57. The van der Waals surface area contributed by atoms with Crippen molar-refractivity contribution in [3.8, 4) is 11.1 Å². The van der Waals surface area contributed by atoms with Gasteiger partial charge in [-0.2, -0.15) is 10.2 Å². The van der Waals surface area contributed by atoms with Gasteiger partial charge in [0.1, 0.15) is 5.03 Å². The molecule has 0 aliphatic heterocycles. The van der Waals surface area contributed by atoms with Gasteiger partial charge in [0.25, 0.3) is 0 Å². The van der Waals surface area contributed by atoms with E-state index in [1.807, 2.05) is 24.3 Å². The Labute approximate surface area is 148 Å². The standard InChI is InChI=1S/C17H15ClN4OS/c18-15-7-13(11-3-5-21-22-9-11)6-14(8-19)16(15)24-17-12(10-23)2-1-4-20-17/h1-7,9,23H,8,10,19H2. The van der Waals surface area contributed by atoms with E-state index in [1.165, 1.54) is 11.8 Å². The molecular weight excluding hydrogens is 344 g/mol. The molecule has 0 atom stereocenters. The Kier molecular flexibility index (Phi) is 5.42. The molecule has 0 aliphatic rings. The van der Waals surface area contributed by atoms with Gasteiger partial charge in [-0.25, -0.2) is 4.98 Å². The number of nitrogens with zero attached hydrogens (tertiary/aromatic N) is 3. The van der Waals surface area contributed by atoms with Crippen LogP contribution in [0.2, 0.25) is 5.02 Å². The summed E-state index contributed by atoms with van der Waals surface area (Å²) in [6.45, 7) is 0.266. The van der Waals surface area contributed by atoms with Crippen LogP contribution in [0.4, 0.5) is 0 Å². The first kappa shape index (κ1) is 16.9. The summed E-state index contributed by atoms with van der Waals surface area (Å²) in [6, 6.07) is 9.37. The van der Waals surface area contributed by atoms with Crippen LogP contribution in [0.15, 0.2) is 58.8 Å². The number of hydrogen-bond acceptors (Lipinski definition) is 6. The summed E-state index contributed by atoms with van der Waals surface area (Å²) >= 11 is 7.92. The highest BCUT2D eigenvalue weighted by Crippen LogP contribution is 2.39. The van der Waals surface area contributed by atoms with Gasteiger partial charge in [0.15, 0.2) is 0 Å². The first-order chi connectivity index (χ1) is 11.7. The van der Waals surface area contributed by atoms with Gasteiger partial charge in [-0.05, 0) is 35.4 Å². The Morgan fingerprint density at radius 2 is 1.96 bits per heavy atom. The van der Waals surface area contributed by atoms with E-state index < -0.39 is 0 Å². The van der Waals surface area contributed by atoms with Crippen molar-refractivity contribution in [1.29, 1.82) is 0 Å². The molecule has 0 unspecified atom stereocenters. The maximum absolute atomic E-state index is 9.46. The van der Waals surface area contributed by atoms with Gasteiger partial charge in [0.2, 0.25) is 0 Å². The van der Waals surface area contributed by atoms with Crippen LogP contribution >= 0.6 is 23.4 Å². The van der Waals surface area contributed by atoms with E-state index in [4.69, 9.17) is 17.3 Å². The molecule has 0 radical (unpaired) electrons. The molecule has 2 aromatic heterocycles. The first-order valence-electron chi connectivity index (χ1n) is 7.25. The van der Waals surface area contributed by atoms with Crippen LogP contribution in [-0.4, -0.2) is 20.3 Å². The largest absolute Gasteiger partial charge is 0.392 e. The SMILES string of the molecule is NCc1cc(-c2ccnnc2)cc(Cl)c1Sc1ncccc1CO. The molecule has 3 aromatic rings. The summed E-state index contributed by atoms with van der Waals surface area (Å²) in [5.74, 6) is 0. The zero-order chi connectivity index (χ0) is 16.9. The Morgan fingerprint density at radius 1 is 1.08 bits per heavy atom. The minimum absolute atomic E-state index is 0.0769. The monoisotopic (exact) mass is 358 g/mol. The lowest BCUT2D eigenvalue weighted by molar-refractivity contribution is 0.278. The molecule has 0 aliphatic carbocycles. The fraction of sp³-hybridized carbons (Fsp3) is 0.118. The van der Waals surface area contributed by atoms with Crippen molar-refractivity contribution in [2.24, 2.45) is 5.73 Å². The predicted octanol–water partition coefficient (Wildman–Crippen LogP) is 3.29. The second-order valence-corrected chi connectivity index (χ2v) is 6.42. The molecule has 3 N–H and O–H groups in total. The van der Waals surface area contributed by atoms with Crippen LogP contribution in [-0.2, 0) is 13.2 Å². The Morgan fingerprint density at radius 3 is 2.67 bits per heavy atom. The third-order valence-corrected chi connectivity index (χ3v) is 5.13. The topological polar surface area (TPSA) is 84.9 Å². The van der Waals surface area contributed by atoms with Crippen LogP contribution in [0, 0.1) is 0 Å². The highest BCUT2D eigenvalue weighted by molar-refractivity contribution is 7.99. The van der Waals surface area contributed by atoms with E-state index in [-0.39, 0.29) is 6.61 Å². The number of aliphatic hydroxyl groups excluding tert-OH is 1. The Bertz CT molecular complexity index is 845.